The number of carbonyl (C=O) groups excluding carboxylic acids is 2. The molecule has 1 unspecified atom stereocenters. The molecule has 1 saturated heterocycles. The van der Waals surface area contributed by atoms with E-state index >= 15 is 0 Å². The van der Waals surface area contributed by atoms with Crippen LogP contribution in [0.15, 0.2) is 27.7 Å². The Morgan fingerprint density at radius 1 is 1.36 bits per heavy atom. The number of carbonyl (C=O) groups is 2. The summed E-state index contributed by atoms with van der Waals surface area (Å²) < 4.78 is 5.87. The number of amidine groups is 1. The number of benzene rings is 1. The molecule has 0 aromatic heterocycles. The Kier molecular flexibility index (Phi) is 7.79. The summed E-state index contributed by atoms with van der Waals surface area (Å²) in [4.78, 5) is 29.2. The summed E-state index contributed by atoms with van der Waals surface area (Å²) in [6, 6.07) is 5.25. The first kappa shape index (κ1) is 21.2. The minimum Gasteiger partial charge on any atom is -0.497 e. The van der Waals surface area contributed by atoms with E-state index in [4.69, 9.17) is 4.74 Å². The summed E-state index contributed by atoms with van der Waals surface area (Å²) in [6.45, 7) is 1.22. The third-order valence-corrected chi connectivity index (χ3v) is 6.98. The first-order valence-electron chi connectivity index (χ1n) is 9.70. The topological polar surface area (TPSA) is 79.8 Å². The average Bonchev–Trinajstić information content (AvgIpc) is 3.07. The summed E-state index contributed by atoms with van der Waals surface area (Å²) in [6.07, 6.45) is 6.96. The van der Waals surface area contributed by atoms with E-state index in [1.165, 1.54) is 43.9 Å². The lowest BCUT2D eigenvalue weighted by molar-refractivity contribution is -0.118. The molecule has 2 fully saturated rings. The molecule has 152 valence electrons. The molecule has 1 aliphatic heterocycles. The van der Waals surface area contributed by atoms with Crippen molar-refractivity contribution >= 4 is 44.7 Å². The standard InChI is InChI=1S/C20H26BrN3O3S/c1-27-14-7-8-16(21)15(11-14)18(25)22-10-9-17-19(26)24-20(28-17)23-12-13-5-3-2-4-6-13/h7-8,11,13,17H,2-6,9-10,12H2,1H3,(H,22,25)(H,23,24,26). The van der Waals surface area contributed by atoms with Crippen molar-refractivity contribution in [3.63, 3.8) is 0 Å². The summed E-state index contributed by atoms with van der Waals surface area (Å²) in [5, 5.41) is 6.27. The zero-order valence-electron chi connectivity index (χ0n) is 16.0. The highest BCUT2D eigenvalue weighted by Crippen LogP contribution is 2.26. The Morgan fingerprint density at radius 2 is 2.14 bits per heavy atom. The predicted octanol–water partition coefficient (Wildman–Crippen LogP) is 3.75. The molecule has 1 aliphatic carbocycles. The molecule has 2 amide bonds. The lowest BCUT2D eigenvalue weighted by Gasteiger charge is -2.19. The van der Waals surface area contributed by atoms with Gasteiger partial charge in [-0.25, -0.2) is 0 Å². The number of methoxy groups -OCH3 is 1. The second-order valence-electron chi connectivity index (χ2n) is 7.14. The normalized spacial score (nSPS) is 21.6. The Morgan fingerprint density at radius 3 is 2.89 bits per heavy atom. The number of ether oxygens (including phenoxy) is 1. The van der Waals surface area contributed by atoms with E-state index in [0.717, 1.165) is 11.7 Å². The maximum Gasteiger partial charge on any atom is 0.252 e. The molecule has 0 radical (unpaired) electrons. The highest BCUT2D eigenvalue weighted by Gasteiger charge is 2.30. The highest BCUT2D eigenvalue weighted by atomic mass is 79.9. The van der Waals surface area contributed by atoms with Crippen LogP contribution in [0.3, 0.4) is 0 Å². The summed E-state index contributed by atoms with van der Waals surface area (Å²) in [5.41, 5.74) is 0.512. The van der Waals surface area contributed by atoms with Crippen molar-refractivity contribution in [3.8, 4) is 5.75 Å². The molecular weight excluding hydrogens is 442 g/mol. The molecule has 1 atom stereocenters. The number of nitrogens with one attached hydrogen (secondary N) is 2. The molecule has 28 heavy (non-hydrogen) atoms. The SMILES string of the molecule is COc1ccc(Br)c(C(=O)NCCC2SC(=NCC3CCCCC3)NC2=O)c1. The fraction of sp³-hybridized carbons (Fsp3) is 0.550. The Balaban J connectivity index is 1.45. The largest absolute Gasteiger partial charge is 0.497 e. The second kappa shape index (κ2) is 10.3. The van der Waals surface area contributed by atoms with Crippen LogP contribution in [0.2, 0.25) is 0 Å². The summed E-state index contributed by atoms with van der Waals surface area (Å²) >= 11 is 4.86. The third-order valence-electron chi connectivity index (χ3n) is 5.10. The van der Waals surface area contributed by atoms with Gasteiger partial charge in [0.25, 0.3) is 5.91 Å². The monoisotopic (exact) mass is 467 g/mol. The van der Waals surface area contributed by atoms with Crippen molar-refractivity contribution in [1.82, 2.24) is 10.6 Å². The molecule has 6 nitrogen and oxygen atoms in total. The number of aliphatic imine (C=N–C) groups is 1. The van der Waals surface area contributed by atoms with Gasteiger partial charge >= 0.3 is 0 Å². The van der Waals surface area contributed by atoms with Gasteiger partial charge in [-0.2, -0.15) is 0 Å². The maximum atomic E-state index is 12.4. The van der Waals surface area contributed by atoms with E-state index in [1.54, 1.807) is 25.3 Å². The van der Waals surface area contributed by atoms with E-state index < -0.39 is 0 Å². The van der Waals surface area contributed by atoms with Gasteiger partial charge in [0, 0.05) is 17.6 Å². The maximum absolute atomic E-state index is 12.4. The first-order chi connectivity index (χ1) is 13.6. The van der Waals surface area contributed by atoms with E-state index in [0.29, 0.717) is 34.7 Å². The third kappa shape index (κ3) is 5.73. The molecule has 0 bridgehead atoms. The predicted molar refractivity (Wildman–Crippen MR) is 116 cm³/mol. The van der Waals surface area contributed by atoms with Gasteiger partial charge in [0.1, 0.15) is 5.75 Å². The fourth-order valence-electron chi connectivity index (χ4n) is 3.47. The van der Waals surface area contributed by atoms with E-state index in [2.05, 4.69) is 31.6 Å². The van der Waals surface area contributed by atoms with Crippen LogP contribution in [-0.2, 0) is 4.79 Å². The van der Waals surface area contributed by atoms with Crippen molar-refractivity contribution < 1.29 is 14.3 Å². The van der Waals surface area contributed by atoms with Crippen molar-refractivity contribution in [1.29, 1.82) is 0 Å². The van der Waals surface area contributed by atoms with Gasteiger partial charge < -0.3 is 15.4 Å². The van der Waals surface area contributed by atoms with Crippen LogP contribution in [0, 0.1) is 5.92 Å². The molecule has 1 heterocycles. The number of amides is 2. The highest BCUT2D eigenvalue weighted by molar-refractivity contribution is 9.10. The van der Waals surface area contributed by atoms with Crippen LogP contribution in [0.25, 0.3) is 0 Å². The quantitative estimate of drug-likeness (QED) is 0.639. The number of hydrogen-bond acceptors (Lipinski definition) is 5. The van der Waals surface area contributed by atoms with E-state index in [1.807, 2.05) is 0 Å². The molecule has 3 rings (SSSR count). The van der Waals surface area contributed by atoms with Gasteiger partial charge in [0.15, 0.2) is 5.17 Å². The van der Waals surface area contributed by atoms with Gasteiger partial charge in [-0.05, 0) is 59.3 Å². The van der Waals surface area contributed by atoms with Crippen LogP contribution >= 0.6 is 27.7 Å². The minimum atomic E-state index is -0.209. The number of halogens is 1. The molecule has 8 heteroatoms. The lowest BCUT2D eigenvalue weighted by atomic mass is 9.89. The van der Waals surface area contributed by atoms with Crippen molar-refractivity contribution in [2.75, 3.05) is 20.2 Å². The summed E-state index contributed by atoms with van der Waals surface area (Å²) in [7, 11) is 1.56. The van der Waals surface area contributed by atoms with Crippen LogP contribution in [0.5, 0.6) is 5.75 Å². The lowest BCUT2D eigenvalue weighted by Crippen LogP contribution is -2.30. The van der Waals surface area contributed by atoms with Gasteiger partial charge in [-0.1, -0.05) is 31.0 Å². The smallest absolute Gasteiger partial charge is 0.252 e. The molecule has 2 aliphatic rings. The van der Waals surface area contributed by atoms with Crippen molar-refractivity contribution in [2.45, 2.75) is 43.8 Å². The second-order valence-corrected chi connectivity index (χ2v) is 9.18. The number of hydrogen-bond donors (Lipinski definition) is 2. The molecular formula is C20H26BrN3O3S. The van der Waals surface area contributed by atoms with Crippen LogP contribution < -0.4 is 15.4 Å². The molecule has 1 aromatic rings. The van der Waals surface area contributed by atoms with Crippen molar-refractivity contribution in [2.24, 2.45) is 10.9 Å². The van der Waals surface area contributed by atoms with Gasteiger partial charge in [0.2, 0.25) is 5.91 Å². The zero-order valence-corrected chi connectivity index (χ0v) is 18.4. The van der Waals surface area contributed by atoms with Crippen molar-refractivity contribution in [3.05, 3.63) is 28.2 Å². The van der Waals surface area contributed by atoms with Gasteiger partial charge in [-0.15, -0.1) is 0 Å². The number of thioether (sulfide) groups is 1. The van der Waals surface area contributed by atoms with E-state index in [9.17, 15) is 9.59 Å². The van der Waals surface area contributed by atoms with Gasteiger partial charge in [0.05, 0.1) is 17.9 Å². The molecule has 1 saturated carbocycles. The zero-order chi connectivity index (χ0) is 19.9. The van der Waals surface area contributed by atoms with Gasteiger partial charge in [-0.3, -0.25) is 14.6 Å². The molecule has 0 spiro atoms. The first-order valence-corrected chi connectivity index (χ1v) is 11.4. The Labute approximate surface area is 178 Å². The number of rotatable bonds is 7. The van der Waals surface area contributed by atoms with E-state index in [-0.39, 0.29) is 17.1 Å². The average molecular weight is 468 g/mol. The van der Waals surface area contributed by atoms with Crippen LogP contribution in [0.4, 0.5) is 0 Å². The molecule has 2 N–H and O–H groups in total. The molecule has 1 aromatic carbocycles. The van der Waals surface area contributed by atoms with Crippen LogP contribution in [-0.4, -0.2) is 42.4 Å². The number of nitrogens with zero attached hydrogens (tertiary/aromatic N) is 1. The Hall–Kier alpha value is -1.54. The Bertz CT molecular complexity index is 750. The summed E-state index contributed by atoms with van der Waals surface area (Å²) in [5.74, 6) is 1.06. The minimum absolute atomic E-state index is 0.0239. The fourth-order valence-corrected chi connectivity index (χ4v) is 4.88. The van der Waals surface area contributed by atoms with Crippen LogP contribution in [0.1, 0.15) is 48.9 Å².